The van der Waals surface area contributed by atoms with Crippen LogP contribution < -0.4 is 14.8 Å². The molecule has 0 fully saturated rings. The summed E-state index contributed by atoms with van der Waals surface area (Å²) in [5.41, 5.74) is 3.64. The Morgan fingerprint density at radius 1 is 1.16 bits per heavy atom. The number of carbonyl (C=O) groups is 2. The van der Waals surface area contributed by atoms with Gasteiger partial charge in [0.15, 0.2) is 17.3 Å². The molecule has 1 heterocycles. The van der Waals surface area contributed by atoms with Crippen LogP contribution >= 0.6 is 0 Å². The van der Waals surface area contributed by atoms with Gasteiger partial charge in [-0.15, -0.1) is 0 Å². The van der Waals surface area contributed by atoms with Crippen LogP contribution in [0.15, 0.2) is 40.7 Å². The summed E-state index contributed by atoms with van der Waals surface area (Å²) in [4.78, 5) is 26.1. The number of benzene rings is 1. The van der Waals surface area contributed by atoms with Crippen LogP contribution in [0.5, 0.6) is 11.5 Å². The minimum Gasteiger partial charge on any atom is -0.493 e. The summed E-state index contributed by atoms with van der Waals surface area (Å²) < 4.78 is 16.8. The minimum absolute atomic E-state index is 0.0791. The van der Waals surface area contributed by atoms with Gasteiger partial charge >= 0.3 is 5.97 Å². The molecular weight excluding hydrogens is 394 g/mol. The molecule has 0 unspecified atom stereocenters. The zero-order chi connectivity index (χ0) is 22.4. The Labute approximate surface area is 184 Å². The molecule has 0 saturated heterocycles. The van der Waals surface area contributed by atoms with Crippen LogP contribution in [0.4, 0.5) is 0 Å². The molecule has 1 aromatic rings. The molecule has 2 aliphatic rings. The molecule has 0 bridgehead atoms. The van der Waals surface area contributed by atoms with Crippen molar-refractivity contribution in [2.75, 3.05) is 20.3 Å². The number of rotatable bonds is 9. The molecule has 31 heavy (non-hydrogen) atoms. The van der Waals surface area contributed by atoms with E-state index in [0.29, 0.717) is 42.3 Å². The second-order valence-corrected chi connectivity index (χ2v) is 7.95. The van der Waals surface area contributed by atoms with Crippen LogP contribution in [0.1, 0.15) is 70.8 Å². The van der Waals surface area contributed by atoms with E-state index in [2.05, 4.69) is 12.2 Å². The van der Waals surface area contributed by atoms with E-state index in [4.69, 9.17) is 14.2 Å². The first-order valence-electron chi connectivity index (χ1n) is 11.2. The van der Waals surface area contributed by atoms with E-state index in [9.17, 15) is 9.59 Å². The van der Waals surface area contributed by atoms with Gasteiger partial charge in [-0.25, -0.2) is 4.79 Å². The summed E-state index contributed by atoms with van der Waals surface area (Å²) in [6.45, 7) is 6.80. The number of nitrogens with one attached hydrogen (secondary N) is 1. The highest BCUT2D eigenvalue weighted by atomic mass is 16.5. The topological polar surface area (TPSA) is 73.9 Å². The van der Waals surface area contributed by atoms with Gasteiger partial charge in [0, 0.05) is 29.3 Å². The number of esters is 1. The maximum Gasteiger partial charge on any atom is 0.336 e. The van der Waals surface area contributed by atoms with Gasteiger partial charge in [-0.3, -0.25) is 4.79 Å². The third-order valence-electron chi connectivity index (χ3n) is 5.80. The summed E-state index contributed by atoms with van der Waals surface area (Å²) >= 11 is 0. The van der Waals surface area contributed by atoms with Gasteiger partial charge in [0.2, 0.25) is 0 Å². The van der Waals surface area contributed by atoms with Crippen molar-refractivity contribution in [1.82, 2.24) is 5.32 Å². The lowest BCUT2D eigenvalue weighted by Gasteiger charge is -2.34. The lowest BCUT2D eigenvalue weighted by molar-refractivity contribution is -0.139. The fourth-order valence-corrected chi connectivity index (χ4v) is 4.32. The number of Topliss-reactive ketones (excluding diaryl/α,β-unsaturated/α-hetero) is 1. The van der Waals surface area contributed by atoms with Crippen molar-refractivity contribution in [3.63, 3.8) is 0 Å². The third kappa shape index (κ3) is 4.94. The van der Waals surface area contributed by atoms with Gasteiger partial charge in [-0.2, -0.15) is 0 Å². The summed E-state index contributed by atoms with van der Waals surface area (Å²) in [5.74, 6) is 0.444. The summed E-state index contributed by atoms with van der Waals surface area (Å²) in [5, 5.41) is 3.32. The Morgan fingerprint density at radius 2 is 1.97 bits per heavy atom. The Morgan fingerprint density at radius 3 is 2.68 bits per heavy atom. The fourth-order valence-electron chi connectivity index (χ4n) is 4.32. The molecule has 1 N–H and O–H groups in total. The van der Waals surface area contributed by atoms with E-state index in [-0.39, 0.29) is 11.8 Å². The van der Waals surface area contributed by atoms with Crippen molar-refractivity contribution in [1.29, 1.82) is 0 Å². The molecule has 3 rings (SSSR count). The van der Waals surface area contributed by atoms with E-state index in [1.165, 1.54) is 0 Å². The zero-order valence-corrected chi connectivity index (χ0v) is 19.0. The van der Waals surface area contributed by atoms with E-state index < -0.39 is 5.92 Å². The maximum absolute atomic E-state index is 13.2. The van der Waals surface area contributed by atoms with Crippen LogP contribution in [0.3, 0.4) is 0 Å². The van der Waals surface area contributed by atoms with Crippen molar-refractivity contribution in [3.8, 4) is 11.5 Å². The number of methoxy groups -OCH3 is 1. The molecule has 0 aromatic heterocycles. The van der Waals surface area contributed by atoms with Crippen molar-refractivity contribution in [2.45, 2.75) is 65.2 Å². The molecule has 0 amide bonds. The molecule has 0 radical (unpaired) electrons. The first kappa shape index (κ1) is 22.9. The molecule has 1 aromatic carbocycles. The van der Waals surface area contributed by atoms with Crippen LogP contribution in [0, 0.1) is 0 Å². The number of hydrogen-bond acceptors (Lipinski definition) is 6. The van der Waals surface area contributed by atoms with Gasteiger partial charge in [0.1, 0.15) is 0 Å². The Hall–Kier alpha value is -2.76. The van der Waals surface area contributed by atoms with Crippen molar-refractivity contribution in [3.05, 3.63) is 46.3 Å². The molecule has 0 spiro atoms. The highest BCUT2D eigenvalue weighted by molar-refractivity contribution is 6.03. The summed E-state index contributed by atoms with van der Waals surface area (Å²) in [7, 11) is 1.59. The van der Waals surface area contributed by atoms with E-state index in [1.54, 1.807) is 7.11 Å². The van der Waals surface area contributed by atoms with E-state index in [1.807, 2.05) is 32.0 Å². The molecule has 1 aliphatic heterocycles. The van der Waals surface area contributed by atoms with Gasteiger partial charge < -0.3 is 19.5 Å². The van der Waals surface area contributed by atoms with E-state index >= 15 is 0 Å². The van der Waals surface area contributed by atoms with Crippen molar-refractivity contribution >= 4 is 11.8 Å². The average molecular weight is 428 g/mol. The second kappa shape index (κ2) is 10.5. The predicted octanol–water partition coefficient (Wildman–Crippen LogP) is 4.80. The average Bonchev–Trinajstić information content (AvgIpc) is 2.76. The smallest absolute Gasteiger partial charge is 0.336 e. The predicted molar refractivity (Wildman–Crippen MR) is 119 cm³/mol. The normalized spacial score (nSPS) is 18.5. The van der Waals surface area contributed by atoms with Gasteiger partial charge in [0.25, 0.3) is 0 Å². The highest BCUT2D eigenvalue weighted by Gasteiger charge is 2.39. The minimum atomic E-state index is -0.479. The Bertz CT molecular complexity index is 899. The maximum atomic E-state index is 13.2. The first-order valence-corrected chi connectivity index (χ1v) is 11.2. The molecule has 6 heteroatoms. The number of ether oxygens (including phenoxy) is 3. The van der Waals surface area contributed by atoms with Crippen molar-refractivity contribution in [2.24, 2.45) is 0 Å². The molecular formula is C25H33NO5. The van der Waals surface area contributed by atoms with E-state index in [0.717, 1.165) is 49.1 Å². The number of allylic oxidation sites excluding steroid dienone is 3. The molecule has 6 nitrogen and oxygen atoms in total. The van der Waals surface area contributed by atoms with Crippen LogP contribution in [0.2, 0.25) is 0 Å². The first-order chi connectivity index (χ1) is 15.0. The molecule has 1 aliphatic carbocycles. The van der Waals surface area contributed by atoms with Crippen LogP contribution in [-0.4, -0.2) is 32.1 Å². The summed E-state index contributed by atoms with van der Waals surface area (Å²) in [6.07, 6.45) is 4.99. The second-order valence-electron chi connectivity index (χ2n) is 7.95. The largest absolute Gasteiger partial charge is 0.493 e. The molecule has 1 atom stereocenters. The van der Waals surface area contributed by atoms with Crippen LogP contribution in [0.25, 0.3) is 0 Å². The Balaban J connectivity index is 2.03. The monoisotopic (exact) mass is 427 g/mol. The van der Waals surface area contributed by atoms with Gasteiger partial charge in [-0.1, -0.05) is 25.8 Å². The lowest BCUT2D eigenvalue weighted by atomic mass is 9.75. The lowest BCUT2D eigenvalue weighted by Crippen LogP contribution is -2.34. The van der Waals surface area contributed by atoms with Crippen LogP contribution in [-0.2, 0) is 14.3 Å². The molecule has 0 saturated carbocycles. The quantitative estimate of drug-likeness (QED) is 0.451. The number of ketones is 1. The highest BCUT2D eigenvalue weighted by Crippen LogP contribution is 2.44. The fraction of sp³-hybridized carbons (Fsp3) is 0.520. The third-order valence-corrected chi connectivity index (χ3v) is 5.80. The summed E-state index contributed by atoms with van der Waals surface area (Å²) in [6, 6.07) is 5.62. The number of unbranched alkanes of at least 4 members (excludes halogenated alkanes) is 2. The Kier molecular flexibility index (Phi) is 7.77. The molecule has 168 valence electrons. The zero-order valence-electron chi connectivity index (χ0n) is 19.0. The standard InChI is InChI=1S/C25H33NO5/c1-5-7-8-14-31-25(28)22-16(3)26-18-10-9-11-19(27)24(18)23(22)17-12-13-20(30-6-2)21(15-17)29-4/h12-13,15,23,26H,5-11,14H2,1-4H3/t23-/m1/s1. The SMILES string of the molecule is CCCCCOC(=O)C1=C(C)NC2=C(C(=O)CCC2)[C@@H]1c1ccc(OCC)c(OC)c1. The van der Waals surface area contributed by atoms with Gasteiger partial charge in [-0.05, 0) is 50.8 Å². The van der Waals surface area contributed by atoms with Crippen molar-refractivity contribution < 1.29 is 23.8 Å². The van der Waals surface area contributed by atoms with Gasteiger partial charge in [0.05, 0.1) is 25.9 Å². The number of carbonyl (C=O) groups excluding carboxylic acids is 2. The number of hydrogen-bond donors (Lipinski definition) is 1. The number of dihydropyridines is 1.